The number of benzene rings is 2. The van der Waals surface area contributed by atoms with Gasteiger partial charge < -0.3 is 20.7 Å². The van der Waals surface area contributed by atoms with E-state index in [4.69, 9.17) is 33.7 Å². The first kappa shape index (κ1) is 47.1. The van der Waals surface area contributed by atoms with Crippen LogP contribution in [0.3, 0.4) is 0 Å². The molecule has 1 unspecified atom stereocenters. The molecule has 0 radical (unpaired) electrons. The first-order chi connectivity index (χ1) is 32.4. The molecule has 3 aliphatic heterocycles. The summed E-state index contributed by atoms with van der Waals surface area (Å²) in [6, 6.07) is 8.58. The highest BCUT2D eigenvalue weighted by atomic mass is 35.5. The van der Waals surface area contributed by atoms with Crippen LogP contribution in [0.1, 0.15) is 122 Å². The number of aryl methyl sites for hydroxylation is 2. The third-order valence-corrected chi connectivity index (χ3v) is 13.3. The Morgan fingerprint density at radius 2 is 1.78 bits per heavy atom. The normalized spacial score (nSPS) is 16.9. The topological polar surface area (TPSA) is 213 Å². The molecule has 4 N–H and O–H groups in total. The predicted octanol–water partition coefficient (Wildman–Crippen LogP) is 7.35. The summed E-state index contributed by atoms with van der Waals surface area (Å²) >= 11 is 12.5. The zero-order chi connectivity index (χ0) is 47.2. The van der Waals surface area contributed by atoms with Crippen LogP contribution < -0.4 is 21.1 Å². The number of nitrogens with one attached hydrogen (secondary N) is 2. The van der Waals surface area contributed by atoms with Crippen LogP contribution in [-0.2, 0) is 27.3 Å². The highest BCUT2D eigenvalue weighted by Gasteiger charge is 2.45. The van der Waals surface area contributed by atoms with Crippen molar-refractivity contribution in [3.8, 4) is 16.9 Å². The van der Waals surface area contributed by atoms with Gasteiger partial charge in [-0.2, -0.15) is 5.10 Å². The van der Waals surface area contributed by atoms with Crippen LogP contribution in [0.5, 0.6) is 5.75 Å². The molecule has 2 atom stereocenters. The lowest BCUT2D eigenvalue weighted by molar-refractivity contribution is -0.136. The Balaban J connectivity index is 0.700. The van der Waals surface area contributed by atoms with Crippen molar-refractivity contribution in [2.75, 3.05) is 30.7 Å². The monoisotopic (exact) mass is 955 g/mol. The number of halogens is 3. The fraction of sp³-hybridized carbons (Fsp3) is 0.426. The third kappa shape index (κ3) is 10.8. The number of likely N-dealkylation sites (tertiary alicyclic amines) is 1. The summed E-state index contributed by atoms with van der Waals surface area (Å²) in [5, 5.41) is 18.9. The number of imide groups is 2. The van der Waals surface area contributed by atoms with Gasteiger partial charge in [-0.05, 0) is 95.0 Å². The van der Waals surface area contributed by atoms with Gasteiger partial charge in [-0.1, -0.05) is 40.9 Å². The Bertz CT molecular complexity index is 2670. The smallest absolute Gasteiger partial charge is 0.264 e. The number of hydrogen-bond donors (Lipinski definition) is 3. The molecule has 20 heteroatoms. The first-order valence-corrected chi connectivity index (χ1v) is 23.5. The molecule has 0 spiro atoms. The molecule has 0 bridgehead atoms. The van der Waals surface area contributed by atoms with Crippen LogP contribution in [0.25, 0.3) is 11.1 Å². The molecule has 2 fully saturated rings. The zero-order valence-corrected chi connectivity index (χ0v) is 38.6. The van der Waals surface area contributed by atoms with Gasteiger partial charge >= 0.3 is 0 Å². The van der Waals surface area contributed by atoms with Crippen molar-refractivity contribution in [1.82, 2.24) is 44.9 Å². The molecule has 6 heterocycles. The molecule has 3 aromatic heterocycles. The Morgan fingerprint density at radius 3 is 2.58 bits per heavy atom. The number of unbranched alkanes of at least 4 members (excludes halogenated alkanes) is 4. The summed E-state index contributed by atoms with van der Waals surface area (Å²) < 4.78 is 24.0. The second-order valence-corrected chi connectivity index (χ2v) is 17.9. The zero-order valence-electron chi connectivity index (χ0n) is 37.1. The van der Waals surface area contributed by atoms with Gasteiger partial charge in [0.25, 0.3) is 11.8 Å². The summed E-state index contributed by atoms with van der Waals surface area (Å²) in [5.74, 6) is -2.05. The molecule has 352 valence electrons. The van der Waals surface area contributed by atoms with E-state index in [0.717, 1.165) is 86.1 Å². The fourth-order valence-electron chi connectivity index (χ4n) is 8.88. The highest BCUT2D eigenvalue weighted by Crippen LogP contribution is 2.38. The van der Waals surface area contributed by atoms with E-state index in [-0.39, 0.29) is 51.8 Å². The lowest BCUT2D eigenvalue weighted by atomic mass is 10.0. The van der Waals surface area contributed by atoms with E-state index in [1.165, 1.54) is 12.1 Å². The largest absolute Gasteiger partial charge is 0.482 e. The van der Waals surface area contributed by atoms with Crippen LogP contribution in [-0.4, -0.2) is 94.8 Å². The number of pyridine rings is 1. The average molecular weight is 957 g/mol. The number of nitrogen functional groups attached to an aromatic ring is 1. The molecule has 0 saturated carbocycles. The van der Waals surface area contributed by atoms with E-state index < -0.39 is 41.6 Å². The Labute approximate surface area is 396 Å². The number of amides is 5. The number of anilines is 2. The maximum absolute atomic E-state index is 14.2. The van der Waals surface area contributed by atoms with Gasteiger partial charge in [-0.25, -0.2) is 9.37 Å². The minimum Gasteiger partial charge on any atom is -0.482 e. The Hall–Kier alpha value is -6.40. The van der Waals surface area contributed by atoms with Gasteiger partial charge in [0.2, 0.25) is 17.7 Å². The molecule has 0 aliphatic carbocycles. The van der Waals surface area contributed by atoms with Gasteiger partial charge in [0.1, 0.15) is 18.0 Å². The summed E-state index contributed by atoms with van der Waals surface area (Å²) in [6.45, 7) is 4.34. The van der Waals surface area contributed by atoms with Gasteiger partial charge in [0.05, 0.1) is 34.1 Å². The minimum absolute atomic E-state index is 0.0697. The van der Waals surface area contributed by atoms with E-state index in [9.17, 15) is 28.4 Å². The van der Waals surface area contributed by atoms with Crippen molar-refractivity contribution in [2.24, 2.45) is 0 Å². The molecule has 5 aromatic rings. The summed E-state index contributed by atoms with van der Waals surface area (Å²) in [4.78, 5) is 70.8. The number of rotatable bonds is 19. The Kier molecular flexibility index (Phi) is 14.8. The van der Waals surface area contributed by atoms with Gasteiger partial charge in [-0.3, -0.25) is 43.6 Å². The van der Waals surface area contributed by atoms with E-state index in [0.29, 0.717) is 43.1 Å². The average Bonchev–Trinajstić information content (AvgIpc) is 4.06. The van der Waals surface area contributed by atoms with Gasteiger partial charge in [0, 0.05) is 85.0 Å². The first-order valence-electron chi connectivity index (χ1n) is 22.7. The minimum atomic E-state index is -1.00. The standard InChI is InChI=1S/C47H52Cl2FN11O6/c1-28(41-34(48)13-14-35(50)43(41)49)67-38-23-29(24-53-44(38)51)30-25-54-60(26-30)32-17-21-58(22-18-32)40(63)12-5-2-4-9-31-27-59(57-56-31)20-7-3-6-19-52-36-11-8-10-33-42(36)47(66)61(46(33)65)37-15-16-39(62)55-45(37)64/h8,10-11,13-14,23-28,32,37,52H,2-7,9,12,15-22H2,1H3,(H2,51,53)(H,55,62,64)/t28-,37?/m1/s1. The van der Waals surface area contributed by atoms with Crippen LogP contribution in [0, 0.1) is 5.82 Å². The second kappa shape index (κ2) is 21.1. The fourth-order valence-corrected chi connectivity index (χ4v) is 9.56. The molecule has 3 aliphatic rings. The number of nitrogens with two attached hydrogens (primary N) is 1. The molecular weight excluding hydrogens is 904 g/mol. The molecule has 67 heavy (non-hydrogen) atoms. The van der Waals surface area contributed by atoms with E-state index >= 15 is 0 Å². The molecular formula is C47H52Cl2FN11O6. The number of fused-ring (bicyclic) bond motifs is 1. The second-order valence-electron chi connectivity index (χ2n) is 17.1. The van der Waals surface area contributed by atoms with Crippen LogP contribution >= 0.6 is 23.2 Å². The van der Waals surface area contributed by atoms with Crippen LogP contribution in [0.15, 0.2) is 61.2 Å². The number of ether oxygens (including phenoxy) is 1. The SMILES string of the molecule is C[C@@H](Oc1cc(-c2cnn(C3CCN(C(=O)CCCCCc4cn(CCCCCNc5cccc6c5C(=O)N(C5CCC(=O)NC5=O)C6=O)nn4)CC3)c2)cnc1N)c1c(Cl)ccc(F)c1Cl. The Morgan fingerprint density at radius 1 is 0.970 bits per heavy atom. The summed E-state index contributed by atoms with van der Waals surface area (Å²) in [6.07, 6.45) is 14.9. The van der Waals surface area contributed by atoms with E-state index in [2.05, 4.69) is 31.0 Å². The lowest BCUT2D eigenvalue weighted by Gasteiger charge is -2.32. The molecule has 17 nitrogen and oxygen atoms in total. The number of piperidine rings is 2. The van der Waals surface area contributed by atoms with Crippen LogP contribution in [0.2, 0.25) is 10.0 Å². The van der Waals surface area contributed by atoms with Crippen molar-refractivity contribution in [3.63, 3.8) is 0 Å². The van der Waals surface area contributed by atoms with Gasteiger partial charge in [-0.15, -0.1) is 5.10 Å². The van der Waals surface area contributed by atoms with E-state index in [1.807, 2.05) is 26.7 Å². The number of carbonyl (C=O) groups excluding carboxylic acids is 5. The quantitative estimate of drug-likeness (QED) is 0.0421. The third-order valence-electron chi connectivity index (χ3n) is 12.6. The maximum Gasteiger partial charge on any atom is 0.264 e. The number of aromatic nitrogens is 6. The predicted molar refractivity (Wildman–Crippen MR) is 248 cm³/mol. The number of nitrogens with zero attached hydrogens (tertiary/aromatic N) is 8. The summed E-state index contributed by atoms with van der Waals surface area (Å²) in [5.41, 5.74) is 10.0. The van der Waals surface area contributed by atoms with Crippen molar-refractivity contribution < 1.29 is 33.1 Å². The van der Waals surface area contributed by atoms with Crippen molar-refractivity contribution in [3.05, 3.63) is 99.4 Å². The molecule has 2 aromatic carbocycles. The number of hydrogen-bond acceptors (Lipinski definition) is 12. The maximum atomic E-state index is 14.2. The number of carbonyl (C=O) groups is 5. The lowest BCUT2D eigenvalue weighted by Crippen LogP contribution is -2.54. The van der Waals surface area contributed by atoms with Crippen molar-refractivity contribution in [2.45, 2.75) is 109 Å². The molecule has 8 rings (SSSR count). The van der Waals surface area contributed by atoms with Crippen molar-refractivity contribution in [1.29, 1.82) is 0 Å². The van der Waals surface area contributed by atoms with E-state index in [1.54, 1.807) is 43.6 Å². The van der Waals surface area contributed by atoms with Gasteiger partial charge in [0.15, 0.2) is 11.6 Å². The summed E-state index contributed by atoms with van der Waals surface area (Å²) in [7, 11) is 0. The molecule has 5 amide bonds. The van der Waals surface area contributed by atoms with Crippen molar-refractivity contribution >= 4 is 64.2 Å². The highest BCUT2D eigenvalue weighted by molar-refractivity contribution is 6.36. The molecule has 2 saturated heterocycles. The van der Waals surface area contributed by atoms with Crippen LogP contribution in [0.4, 0.5) is 15.9 Å².